The molecule has 1 aromatic carbocycles. The van der Waals surface area contributed by atoms with Gasteiger partial charge in [-0.3, -0.25) is 4.98 Å². The quantitative estimate of drug-likeness (QED) is 0.522. The molecule has 0 aliphatic rings. The Hall–Kier alpha value is -3.61. The molecule has 0 saturated heterocycles. The number of aromatic carboxylic acids is 1. The van der Waals surface area contributed by atoms with E-state index in [4.69, 9.17) is 0 Å². The van der Waals surface area contributed by atoms with E-state index in [1.54, 1.807) is 12.4 Å². The summed E-state index contributed by atoms with van der Waals surface area (Å²) in [5.74, 6) is -0.381. The first-order chi connectivity index (χ1) is 12.5. The van der Waals surface area contributed by atoms with Gasteiger partial charge in [0.05, 0.1) is 11.0 Å². The number of aromatic amines is 1. The molecule has 0 spiro atoms. The number of nitrogens with one attached hydrogen (secondary N) is 2. The largest absolute Gasteiger partial charge is 0.477 e. The third-order valence-electron chi connectivity index (χ3n) is 4.25. The standard InChI is InChI=1S/C19H17N5O2/c1-24(2)12-5-3-11(4-6-12)21-18-14-10-20-8-7-13(14)17-15(23-18)9-16(22-17)19(25)26/h3-10,22H,1-2H3,(H,21,23)(H,25,26). The van der Waals surface area contributed by atoms with E-state index in [0.29, 0.717) is 16.9 Å². The lowest BCUT2D eigenvalue weighted by Gasteiger charge is -2.14. The minimum Gasteiger partial charge on any atom is -0.477 e. The van der Waals surface area contributed by atoms with Crippen LogP contribution in [0.25, 0.3) is 21.8 Å². The van der Waals surface area contributed by atoms with Gasteiger partial charge in [0.2, 0.25) is 0 Å². The monoisotopic (exact) mass is 347 g/mol. The molecule has 0 saturated carbocycles. The van der Waals surface area contributed by atoms with Gasteiger partial charge in [0.15, 0.2) is 0 Å². The van der Waals surface area contributed by atoms with Crippen LogP contribution in [0, 0.1) is 0 Å². The maximum atomic E-state index is 11.3. The highest BCUT2D eigenvalue weighted by Crippen LogP contribution is 2.31. The van der Waals surface area contributed by atoms with Crippen molar-refractivity contribution in [1.82, 2.24) is 15.0 Å². The first-order valence-electron chi connectivity index (χ1n) is 8.07. The lowest BCUT2D eigenvalue weighted by atomic mass is 10.1. The number of carboxylic acids is 1. The van der Waals surface area contributed by atoms with Gasteiger partial charge in [0.1, 0.15) is 11.5 Å². The van der Waals surface area contributed by atoms with Gasteiger partial charge < -0.3 is 20.3 Å². The molecular formula is C19H17N5O2. The molecule has 0 aliphatic heterocycles. The summed E-state index contributed by atoms with van der Waals surface area (Å²) in [5.41, 5.74) is 3.38. The lowest BCUT2D eigenvalue weighted by molar-refractivity contribution is 0.0691. The molecule has 7 heteroatoms. The Balaban J connectivity index is 1.84. The van der Waals surface area contributed by atoms with Gasteiger partial charge in [0.25, 0.3) is 0 Å². The molecule has 3 N–H and O–H groups in total. The molecule has 0 amide bonds. The highest BCUT2D eigenvalue weighted by atomic mass is 16.4. The zero-order chi connectivity index (χ0) is 18.3. The number of rotatable bonds is 4. The number of carbonyl (C=O) groups is 1. The van der Waals surface area contributed by atoms with Crippen LogP contribution in [0.5, 0.6) is 0 Å². The van der Waals surface area contributed by atoms with E-state index in [9.17, 15) is 9.90 Å². The Morgan fingerprint density at radius 1 is 1.15 bits per heavy atom. The zero-order valence-electron chi connectivity index (χ0n) is 14.3. The molecule has 0 unspecified atom stereocenters. The number of nitrogens with zero attached hydrogens (tertiary/aromatic N) is 3. The van der Waals surface area contributed by atoms with Crippen LogP contribution >= 0.6 is 0 Å². The van der Waals surface area contributed by atoms with Crippen LogP contribution < -0.4 is 10.2 Å². The van der Waals surface area contributed by atoms with Crippen LogP contribution in [0.1, 0.15) is 10.5 Å². The Labute approximate surface area is 149 Å². The van der Waals surface area contributed by atoms with Crippen molar-refractivity contribution in [2.45, 2.75) is 0 Å². The molecule has 0 fully saturated rings. The third kappa shape index (κ3) is 2.69. The highest BCUT2D eigenvalue weighted by Gasteiger charge is 2.14. The van der Waals surface area contributed by atoms with Crippen molar-refractivity contribution >= 4 is 45.0 Å². The van der Waals surface area contributed by atoms with Crippen LogP contribution in [0.2, 0.25) is 0 Å². The summed E-state index contributed by atoms with van der Waals surface area (Å²) in [6.07, 6.45) is 3.40. The number of carboxylic acid groups (broad SMARTS) is 1. The Morgan fingerprint density at radius 2 is 1.92 bits per heavy atom. The topological polar surface area (TPSA) is 94.1 Å². The van der Waals surface area contributed by atoms with Crippen LogP contribution in [0.4, 0.5) is 17.2 Å². The second-order valence-corrected chi connectivity index (χ2v) is 6.20. The summed E-state index contributed by atoms with van der Waals surface area (Å²) >= 11 is 0. The smallest absolute Gasteiger partial charge is 0.352 e. The molecule has 0 atom stereocenters. The fraction of sp³-hybridized carbons (Fsp3) is 0.105. The molecule has 3 heterocycles. The number of hydrogen-bond donors (Lipinski definition) is 3. The van der Waals surface area contributed by atoms with Gasteiger partial charge >= 0.3 is 5.97 Å². The number of H-pyrrole nitrogens is 1. The van der Waals surface area contributed by atoms with E-state index >= 15 is 0 Å². The Morgan fingerprint density at radius 3 is 2.62 bits per heavy atom. The van der Waals surface area contributed by atoms with Gasteiger partial charge in [-0.25, -0.2) is 9.78 Å². The zero-order valence-corrected chi connectivity index (χ0v) is 14.3. The number of hydrogen-bond acceptors (Lipinski definition) is 5. The number of benzene rings is 1. The predicted octanol–water partition coefficient (Wildman–Crippen LogP) is 3.62. The average Bonchev–Trinajstić information content (AvgIpc) is 3.07. The normalized spacial score (nSPS) is 11.0. The highest BCUT2D eigenvalue weighted by molar-refractivity contribution is 6.10. The fourth-order valence-electron chi connectivity index (χ4n) is 2.91. The van der Waals surface area contributed by atoms with Crippen LogP contribution in [-0.2, 0) is 0 Å². The Kier molecular flexibility index (Phi) is 3.69. The summed E-state index contributed by atoms with van der Waals surface area (Å²) in [6.45, 7) is 0. The summed E-state index contributed by atoms with van der Waals surface area (Å²) < 4.78 is 0. The van der Waals surface area contributed by atoms with Gasteiger partial charge in [0, 0.05) is 48.6 Å². The second kappa shape index (κ2) is 6.03. The first-order valence-corrected chi connectivity index (χ1v) is 8.07. The summed E-state index contributed by atoms with van der Waals surface area (Å²) in [5, 5.41) is 14.2. The molecule has 26 heavy (non-hydrogen) atoms. The average molecular weight is 347 g/mol. The van der Waals surface area contributed by atoms with Crippen molar-refractivity contribution in [3.63, 3.8) is 0 Å². The molecule has 3 aromatic heterocycles. The van der Waals surface area contributed by atoms with Gasteiger partial charge in [-0.15, -0.1) is 0 Å². The van der Waals surface area contributed by atoms with Crippen LogP contribution in [0.15, 0.2) is 48.8 Å². The van der Waals surface area contributed by atoms with E-state index in [0.717, 1.165) is 22.1 Å². The van der Waals surface area contributed by atoms with E-state index in [1.165, 1.54) is 6.07 Å². The minimum atomic E-state index is -1.01. The van der Waals surface area contributed by atoms with E-state index < -0.39 is 5.97 Å². The predicted molar refractivity (Wildman–Crippen MR) is 102 cm³/mol. The molecule has 7 nitrogen and oxygen atoms in total. The summed E-state index contributed by atoms with van der Waals surface area (Å²) in [7, 11) is 3.98. The number of anilines is 3. The van der Waals surface area contributed by atoms with Gasteiger partial charge in [-0.2, -0.15) is 0 Å². The van der Waals surface area contributed by atoms with E-state index in [-0.39, 0.29) is 5.69 Å². The number of pyridine rings is 2. The lowest BCUT2D eigenvalue weighted by Crippen LogP contribution is -2.08. The summed E-state index contributed by atoms with van der Waals surface area (Å²) in [4.78, 5) is 25.0. The van der Waals surface area contributed by atoms with Gasteiger partial charge in [-0.05, 0) is 36.4 Å². The molecule has 130 valence electrons. The van der Waals surface area contributed by atoms with Crippen molar-refractivity contribution in [2.24, 2.45) is 0 Å². The van der Waals surface area contributed by atoms with Crippen molar-refractivity contribution in [3.8, 4) is 0 Å². The van der Waals surface area contributed by atoms with Crippen molar-refractivity contribution in [2.75, 3.05) is 24.3 Å². The molecule has 0 radical (unpaired) electrons. The molecule has 4 rings (SSSR count). The third-order valence-corrected chi connectivity index (χ3v) is 4.25. The van der Waals surface area contributed by atoms with Crippen molar-refractivity contribution in [1.29, 1.82) is 0 Å². The second-order valence-electron chi connectivity index (χ2n) is 6.20. The van der Waals surface area contributed by atoms with E-state index in [1.807, 2.05) is 49.3 Å². The molecular weight excluding hydrogens is 330 g/mol. The molecule has 0 bridgehead atoms. The van der Waals surface area contributed by atoms with Crippen LogP contribution in [-0.4, -0.2) is 40.1 Å². The number of aromatic nitrogens is 3. The van der Waals surface area contributed by atoms with Gasteiger partial charge in [-0.1, -0.05) is 0 Å². The maximum Gasteiger partial charge on any atom is 0.352 e. The fourth-order valence-corrected chi connectivity index (χ4v) is 2.91. The van der Waals surface area contributed by atoms with E-state index in [2.05, 4.69) is 20.3 Å². The van der Waals surface area contributed by atoms with Crippen molar-refractivity contribution < 1.29 is 9.90 Å². The molecule has 0 aliphatic carbocycles. The van der Waals surface area contributed by atoms with Crippen molar-refractivity contribution in [3.05, 3.63) is 54.5 Å². The number of fused-ring (bicyclic) bond motifs is 3. The van der Waals surface area contributed by atoms with Crippen LogP contribution in [0.3, 0.4) is 0 Å². The summed E-state index contributed by atoms with van der Waals surface area (Å²) in [6, 6.07) is 11.4. The molecule has 4 aromatic rings. The first kappa shape index (κ1) is 15.9. The SMILES string of the molecule is CN(C)c1ccc(Nc2nc3cc(C(=O)O)[nH]c3c3ccncc23)cc1. The Bertz CT molecular complexity index is 1120. The maximum absolute atomic E-state index is 11.3. The minimum absolute atomic E-state index is 0.109.